The molecule has 0 aliphatic carbocycles. The number of piperidine rings is 1. The fourth-order valence-electron chi connectivity index (χ4n) is 3.10. The predicted molar refractivity (Wildman–Crippen MR) is 88.9 cm³/mol. The van der Waals surface area contributed by atoms with Gasteiger partial charge in [-0.05, 0) is 45.2 Å². The molecule has 3 rings (SSSR count). The van der Waals surface area contributed by atoms with E-state index in [9.17, 15) is 14.0 Å². The van der Waals surface area contributed by atoms with Gasteiger partial charge in [-0.15, -0.1) is 0 Å². The minimum atomic E-state index is -0.457. The highest BCUT2D eigenvalue weighted by Gasteiger charge is 2.27. The number of halogens is 1. The van der Waals surface area contributed by atoms with Gasteiger partial charge in [-0.25, -0.2) is 9.07 Å². The van der Waals surface area contributed by atoms with Crippen molar-refractivity contribution in [3.05, 3.63) is 57.8 Å². The molecule has 1 aromatic heterocycles. The molecule has 1 aliphatic heterocycles. The van der Waals surface area contributed by atoms with Gasteiger partial charge in [0.2, 0.25) is 5.43 Å². The first-order valence-electron chi connectivity index (χ1n) is 8.16. The number of hydrogen-bond donors (Lipinski definition) is 0. The number of nitrogens with zero attached hydrogens (tertiary/aromatic N) is 3. The van der Waals surface area contributed by atoms with Crippen LogP contribution in [0, 0.1) is 12.7 Å². The van der Waals surface area contributed by atoms with Gasteiger partial charge in [0.1, 0.15) is 11.5 Å². The van der Waals surface area contributed by atoms with Crippen LogP contribution in [-0.4, -0.2) is 33.2 Å². The highest BCUT2D eigenvalue weighted by Crippen LogP contribution is 2.18. The van der Waals surface area contributed by atoms with Crippen molar-refractivity contribution in [1.29, 1.82) is 0 Å². The molecule has 1 aromatic carbocycles. The van der Waals surface area contributed by atoms with Crippen molar-refractivity contribution in [2.24, 2.45) is 0 Å². The third-order valence-corrected chi connectivity index (χ3v) is 4.45. The second kappa shape index (κ2) is 6.55. The van der Waals surface area contributed by atoms with Crippen LogP contribution < -0.4 is 5.43 Å². The van der Waals surface area contributed by atoms with Gasteiger partial charge in [0.25, 0.3) is 5.91 Å². The van der Waals surface area contributed by atoms with Gasteiger partial charge in [0, 0.05) is 24.3 Å². The van der Waals surface area contributed by atoms with Crippen LogP contribution in [-0.2, 0) is 0 Å². The third-order valence-electron chi connectivity index (χ3n) is 4.45. The van der Waals surface area contributed by atoms with Crippen molar-refractivity contribution in [1.82, 2.24) is 14.7 Å². The fourth-order valence-corrected chi connectivity index (χ4v) is 3.10. The molecule has 0 saturated carbocycles. The summed E-state index contributed by atoms with van der Waals surface area (Å²) in [5.74, 6) is -0.834. The Kier molecular flexibility index (Phi) is 4.46. The molecule has 1 aliphatic rings. The van der Waals surface area contributed by atoms with Crippen LogP contribution in [0.1, 0.15) is 42.4 Å². The van der Waals surface area contributed by atoms with Gasteiger partial charge in [0.05, 0.1) is 0 Å². The Balaban J connectivity index is 2.06. The Morgan fingerprint density at radius 3 is 2.75 bits per heavy atom. The summed E-state index contributed by atoms with van der Waals surface area (Å²) in [6.07, 6.45) is 2.91. The van der Waals surface area contributed by atoms with E-state index in [0.717, 1.165) is 19.3 Å². The summed E-state index contributed by atoms with van der Waals surface area (Å²) in [5.41, 5.74) is 0.115. The standard InChI is InChI=1S/C18H20FN3O2/c1-12-7-5-6-10-21(12)18(24)17-16(23)11-13(2)22(20-17)15-9-4-3-8-14(15)19/h3-4,8-9,11-12H,5-7,10H2,1-2H3/t12-/m1/s1. The van der Waals surface area contributed by atoms with Crippen molar-refractivity contribution in [2.75, 3.05) is 6.54 Å². The highest BCUT2D eigenvalue weighted by molar-refractivity contribution is 5.92. The van der Waals surface area contributed by atoms with E-state index in [0.29, 0.717) is 12.2 Å². The second-order valence-corrected chi connectivity index (χ2v) is 6.21. The summed E-state index contributed by atoms with van der Waals surface area (Å²) < 4.78 is 15.4. The van der Waals surface area contributed by atoms with E-state index in [4.69, 9.17) is 0 Å². The normalized spacial score (nSPS) is 17.8. The number of rotatable bonds is 2. The average molecular weight is 329 g/mol. The Bertz CT molecular complexity index is 831. The Morgan fingerprint density at radius 1 is 1.29 bits per heavy atom. The first-order valence-corrected chi connectivity index (χ1v) is 8.16. The summed E-state index contributed by atoms with van der Waals surface area (Å²) in [7, 11) is 0. The molecule has 1 fully saturated rings. The van der Waals surface area contributed by atoms with Crippen LogP contribution in [0.15, 0.2) is 35.1 Å². The minimum Gasteiger partial charge on any atom is -0.334 e. The number of likely N-dealkylation sites (tertiary alicyclic amines) is 1. The molecule has 2 heterocycles. The summed E-state index contributed by atoms with van der Waals surface area (Å²) in [5, 5.41) is 4.19. The van der Waals surface area contributed by atoms with Crippen molar-refractivity contribution < 1.29 is 9.18 Å². The van der Waals surface area contributed by atoms with Gasteiger partial charge in [-0.2, -0.15) is 5.10 Å². The van der Waals surface area contributed by atoms with Gasteiger partial charge >= 0.3 is 0 Å². The molecule has 0 spiro atoms. The summed E-state index contributed by atoms with van der Waals surface area (Å²) in [6.45, 7) is 4.26. The van der Waals surface area contributed by atoms with E-state index in [1.807, 2.05) is 6.92 Å². The molecule has 0 unspecified atom stereocenters. The van der Waals surface area contributed by atoms with Crippen LogP contribution in [0.2, 0.25) is 0 Å². The molecule has 0 N–H and O–H groups in total. The maximum absolute atomic E-state index is 14.1. The summed E-state index contributed by atoms with van der Waals surface area (Å²) in [6, 6.07) is 7.57. The van der Waals surface area contributed by atoms with E-state index in [1.165, 1.54) is 16.8 Å². The van der Waals surface area contributed by atoms with Gasteiger partial charge in [0.15, 0.2) is 5.69 Å². The van der Waals surface area contributed by atoms with Crippen molar-refractivity contribution in [3.63, 3.8) is 0 Å². The fraction of sp³-hybridized carbons (Fsp3) is 0.389. The van der Waals surface area contributed by atoms with Crippen molar-refractivity contribution in [2.45, 2.75) is 39.2 Å². The Hall–Kier alpha value is -2.50. The molecule has 1 atom stereocenters. The SMILES string of the molecule is Cc1cc(=O)c(C(=O)N2CCCC[C@H]2C)nn1-c1ccccc1F. The molecule has 24 heavy (non-hydrogen) atoms. The molecule has 126 valence electrons. The van der Waals surface area contributed by atoms with Crippen LogP contribution in [0.4, 0.5) is 4.39 Å². The Labute approximate surface area is 139 Å². The lowest BCUT2D eigenvalue weighted by molar-refractivity contribution is 0.0626. The smallest absolute Gasteiger partial charge is 0.278 e. The second-order valence-electron chi connectivity index (χ2n) is 6.21. The Morgan fingerprint density at radius 2 is 2.04 bits per heavy atom. The lowest BCUT2D eigenvalue weighted by Crippen LogP contribution is -2.44. The molecular weight excluding hydrogens is 309 g/mol. The number of aromatic nitrogens is 2. The average Bonchev–Trinajstić information content (AvgIpc) is 2.56. The number of carbonyl (C=O) groups excluding carboxylic acids is 1. The van der Waals surface area contributed by atoms with E-state index >= 15 is 0 Å². The first-order chi connectivity index (χ1) is 11.5. The molecule has 5 nitrogen and oxygen atoms in total. The van der Waals surface area contributed by atoms with Crippen LogP contribution in [0.3, 0.4) is 0 Å². The molecule has 1 amide bonds. The number of hydrogen-bond acceptors (Lipinski definition) is 3. The zero-order valence-electron chi connectivity index (χ0n) is 13.8. The van der Waals surface area contributed by atoms with Gasteiger partial charge < -0.3 is 4.90 Å². The van der Waals surface area contributed by atoms with Crippen molar-refractivity contribution in [3.8, 4) is 5.69 Å². The zero-order chi connectivity index (χ0) is 17.3. The summed E-state index contributed by atoms with van der Waals surface area (Å²) >= 11 is 0. The number of aryl methyl sites for hydroxylation is 1. The molecular formula is C18H20FN3O2. The van der Waals surface area contributed by atoms with Gasteiger partial charge in [-0.3, -0.25) is 9.59 Å². The molecule has 0 bridgehead atoms. The van der Waals surface area contributed by atoms with Crippen molar-refractivity contribution >= 4 is 5.91 Å². The number of benzene rings is 1. The maximum Gasteiger partial charge on any atom is 0.278 e. The molecule has 2 aromatic rings. The number of amides is 1. The maximum atomic E-state index is 14.1. The van der Waals surface area contributed by atoms with E-state index in [1.54, 1.807) is 30.0 Å². The highest BCUT2D eigenvalue weighted by atomic mass is 19.1. The van der Waals surface area contributed by atoms with Crippen LogP contribution in [0.25, 0.3) is 5.69 Å². The molecule has 1 saturated heterocycles. The largest absolute Gasteiger partial charge is 0.334 e. The van der Waals surface area contributed by atoms with Crippen LogP contribution in [0.5, 0.6) is 0 Å². The monoisotopic (exact) mass is 329 g/mol. The molecule has 6 heteroatoms. The minimum absolute atomic E-state index is 0.0793. The first kappa shape index (κ1) is 16.4. The lowest BCUT2D eigenvalue weighted by Gasteiger charge is -2.33. The third kappa shape index (κ3) is 2.96. The predicted octanol–water partition coefficient (Wildman–Crippen LogP) is 2.69. The number of carbonyl (C=O) groups is 1. The van der Waals surface area contributed by atoms with E-state index in [-0.39, 0.29) is 23.3 Å². The quantitative estimate of drug-likeness (QED) is 0.851. The van der Waals surface area contributed by atoms with E-state index in [2.05, 4.69) is 5.10 Å². The topological polar surface area (TPSA) is 55.2 Å². The molecule has 0 radical (unpaired) electrons. The number of para-hydroxylation sites is 1. The van der Waals surface area contributed by atoms with E-state index < -0.39 is 11.2 Å². The zero-order valence-corrected chi connectivity index (χ0v) is 13.8. The summed E-state index contributed by atoms with van der Waals surface area (Å²) in [4.78, 5) is 26.7. The van der Waals surface area contributed by atoms with Gasteiger partial charge in [-0.1, -0.05) is 12.1 Å². The van der Waals surface area contributed by atoms with Crippen LogP contribution >= 0.6 is 0 Å². The lowest BCUT2D eigenvalue weighted by atomic mass is 10.0.